The van der Waals surface area contributed by atoms with Gasteiger partial charge in [0.25, 0.3) is 0 Å². The van der Waals surface area contributed by atoms with Crippen molar-refractivity contribution in [2.75, 3.05) is 6.54 Å². The highest BCUT2D eigenvalue weighted by Gasteiger charge is 2.15. The number of urea groups is 1. The Morgan fingerprint density at radius 3 is 2.30 bits per heavy atom. The SMILES string of the molecule is C=CCNC(=O)NS(=C)(=O)c1ccc(C(C)(C)C)cc1. The molecular formula is C15H22N2O2S. The van der Waals surface area contributed by atoms with Crippen LogP contribution >= 0.6 is 0 Å². The predicted molar refractivity (Wildman–Crippen MR) is 85.4 cm³/mol. The molecule has 0 aromatic heterocycles. The zero-order valence-corrected chi connectivity index (χ0v) is 13.0. The first kappa shape index (κ1) is 16.3. The van der Waals surface area contributed by atoms with Crippen LogP contribution in [0.15, 0.2) is 41.8 Å². The highest BCUT2D eigenvalue weighted by atomic mass is 32.2. The maximum Gasteiger partial charge on any atom is 0.326 e. The molecule has 0 fully saturated rings. The molecule has 0 aliphatic rings. The van der Waals surface area contributed by atoms with Crippen LogP contribution in [-0.2, 0) is 15.1 Å². The highest BCUT2D eigenvalue weighted by Crippen LogP contribution is 2.23. The van der Waals surface area contributed by atoms with Gasteiger partial charge in [0.15, 0.2) is 0 Å². The fourth-order valence-electron chi connectivity index (χ4n) is 1.58. The number of nitrogens with one attached hydrogen (secondary N) is 2. The van der Waals surface area contributed by atoms with Crippen LogP contribution in [0.25, 0.3) is 0 Å². The molecule has 0 heterocycles. The summed E-state index contributed by atoms with van der Waals surface area (Å²) in [4.78, 5) is 12.0. The van der Waals surface area contributed by atoms with E-state index < -0.39 is 15.7 Å². The van der Waals surface area contributed by atoms with E-state index in [0.717, 1.165) is 5.56 Å². The first-order valence-electron chi connectivity index (χ1n) is 6.31. The largest absolute Gasteiger partial charge is 0.334 e. The fourth-order valence-corrected chi connectivity index (χ4v) is 2.65. The van der Waals surface area contributed by atoms with Gasteiger partial charge in [-0.3, -0.25) is 4.72 Å². The van der Waals surface area contributed by atoms with Gasteiger partial charge in [-0.15, -0.1) is 6.58 Å². The lowest BCUT2D eigenvalue weighted by atomic mass is 9.87. The summed E-state index contributed by atoms with van der Waals surface area (Å²) in [5.74, 6) is 3.61. The van der Waals surface area contributed by atoms with Crippen molar-refractivity contribution < 1.29 is 9.00 Å². The summed E-state index contributed by atoms with van der Waals surface area (Å²) in [6, 6.07) is 6.77. The Bertz CT molecular complexity index is 581. The Labute approximate surface area is 121 Å². The lowest BCUT2D eigenvalue weighted by molar-refractivity contribution is 0.247. The zero-order valence-electron chi connectivity index (χ0n) is 12.2. The van der Waals surface area contributed by atoms with Crippen LogP contribution in [-0.4, -0.2) is 22.7 Å². The van der Waals surface area contributed by atoms with E-state index in [-0.39, 0.29) is 5.41 Å². The Morgan fingerprint density at radius 2 is 1.85 bits per heavy atom. The number of hydrogen-bond donors (Lipinski definition) is 2. The molecule has 1 aromatic carbocycles. The van der Waals surface area contributed by atoms with Crippen molar-refractivity contribution in [3.63, 3.8) is 0 Å². The number of carbonyl (C=O) groups is 1. The van der Waals surface area contributed by atoms with Gasteiger partial charge in [-0.05, 0) is 29.0 Å². The molecule has 4 nitrogen and oxygen atoms in total. The van der Waals surface area contributed by atoms with E-state index in [4.69, 9.17) is 0 Å². The summed E-state index contributed by atoms with van der Waals surface area (Å²) in [7, 11) is -2.85. The molecule has 0 saturated carbocycles. The van der Waals surface area contributed by atoms with Gasteiger partial charge in [0.1, 0.15) is 0 Å². The first-order chi connectivity index (χ1) is 9.16. The van der Waals surface area contributed by atoms with Gasteiger partial charge in [-0.25, -0.2) is 9.00 Å². The number of carbonyl (C=O) groups excluding carboxylic acids is 1. The van der Waals surface area contributed by atoms with Crippen molar-refractivity contribution in [1.29, 1.82) is 0 Å². The quantitative estimate of drug-likeness (QED) is 0.662. The van der Waals surface area contributed by atoms with Crippen molar-refractivity contribution in [3.8, 4) is 0 Å². The van der Waals surface area contributed by atoms with E-state index in [2.05, 4.69) is 43.3 Å². The molecule has 0 aliphatic carbocycles. The van der Waals surface area contributed by atoms with Crippen LogP contribution in [0.4, 0.5) is 4.79 Å². The van der Waals surface area contributed by atoms with Gasteiger partial charge in [-0.1, -0.05) is 39.0 Å². The molecule has 0 aliphatic heterocycles. The minimum absolute atomic E-state index is 0.0232. The standard InChI is InChI=1S/C15H22N2O2S/c1-6-11-16-14(18)17-20(5,19)13-9-7-12(8-10-13)15(2,3)4/h6-10H,1,5,11H2,2-4H3,(H2,16,17,18,19). The van der Waals surface area contributed by atoms with Gasteiger partial charge in [0.2, 0.25) is 0 Å². The van der Waals surface area contributed by atoms with E-state index >= 15 is 0 Å². The molecule has 20 heavy (non-hydrogen) atoms. The first-order valence-corrected chi connectivity index (χ1v) is 8.04. The minimum Gasteiger partial charge on any atom is -0.334 e. The Balaban J connectivity index is 2.88. The van der Waals surface area contributed by atoms with Gasteiger partial charge in [0.05, 0.1) is 9.71 Å². The normalized spacial score (nSPS) is 14.2. The van der Waals surface area contributed by atoms with Crippen molar-refractivity contribution in [1.82, 2.24) is 10.0 Å². The second kappa shape index (κ2) is 6.13. The smallest absolute Gasteiger partial charge is 0.326 e. The maximum absolute atomic E-state index is 12.4. The summed E-state index contributed by atoms with van der Waals surface area (Å²) in [5.41, 5.74) is 1.16. The summed E-state index contributed by atoms with van der Waals surface area (Å²) in [5, 5.41) is 2.51. The monoisotopic (exact) mass is 294 g/mol. The molecule has 2 N–H and O–H groups in total. The maximum atomic E-state index is 12.4. The molecule has 0 saturated heterocycles. The Kier molecular flexibility index (Phi) is 5.00. The van der Waals surface area contributed by atoms with Crippen LogP contribution in [0.2, 0.25) is 0 Å². The molecule has 1 unspecified atom stereocenters. The summed E-state index contributed by atoms with van der Waals surface area (Å²) < 4.78 is 14.8. The molecule has 1 atom stereocenters. The van der Waals surface area contributed by atoms with E-state index in [1.54, 1.807) is 18.2 Å². The van der Waals surface area contributed by atoms with E-state index in [1.165, 1.54) is 0 Å². The molecule has 0 spiro atoms. The number of benzene rings is 1. The lowest BCUT2D eigenvalue weighted by Crippen LogP contribution is -2.39. The third-order valence-electron chi connectivity index (χ3n) is 2.77. The molecule has 1 rings (SSSR count). The number of amides is 2. The molecule has 0 bridgehead atoms. The number of rotatable bonds is 4. The fraction of sp³-hybridized carbons (Fsp3) is 0.333. The number of hydrogen-bond acceptors (Lipinski definition) is 2. The highest BCUT2D eigenvalue weighted by molar-refractivity contribution is 7.99. The van der Waals surface area contributed by atoms with Crippen LogP contribution in [0.5, 0.6) is 0 Å². The van der Waals surface area contributed by atoms with E-state index in [0.29, 0.717) is 11.4 Å². The topological polar surface area (TPSA) is 58.2 Å². The summed E-state index contributed by atoms with van der Waals surface area (Å²) in [6.45, 7) is 10.1. The van der Waals surface area contributed by atoms with Crippen molar-refractivity contribution >= 4 is 21.6 Å². The zero-order chi connectivity index (χ0) is 15.4. The molecular weight excluding hydrogens is 272 g/mol. The average molecular weight is 294 g/mol. The summed E-state index contributed by atoms with van der Waals surface area (Å²) >= 11 is 0. The minimum atomic E-state index is -2.85. The molecule has 110 valence electrons. The van der Waals surface area contributed by atoms with Crippen LogP contribution < -0.4 is 10.0 Å². The van der Waals surface area contributed by atoms with Gasteiger partial charge < -0.3 is 5.32 Å². The van der Waals surface area contributed by atoms with Crippen LogP contribution in [0.1, 0.15) is 26.3 Å². The predicted octanol–water partition coefficient (Wildman–Crippen LogP) is 2.46. The molecule has 1 aromatic rings. The second-order valence-electron chi connectivity index (χ2n) is 5.55. The van der Waals surface area contributed by atoms with Crippen LogP contribution in [0.3, 0.4) is 0 Å². The van der Waals surface area contributed by atoms with Crippen molar-refractivity contribution in [3.05, 3.63) is 42.5 Å². The summed E-state index contributed by atoms with van der Waals surface area (Å²) in [6.07, 6.45) is 1.54. The third kappa shape index (κ3) is 4.42. The van der Waals surface area contributed by atoms with Crippen molar-refractivity contribution in [2.24, 2.45) is 0 Å². The van der Waals surface area contributed by atoms with Crippen molar-refractivity contribution in [2.45, 2.75) is 31.1 Å². The molecule has 2 amide bonds. The van der Waals surface area contributed by atoms with Crippen LogP contribution in [0, 0.1) is 0 Å². The van der Waals surface area contributed by atoms with Gasteiger partial charge in [-0.2, -0.15) is 0 Å². The van der Waals surface area contributed by atoms with Gasteiger partial charge >= 0.3 is 6.03 Å². The Morgan fingerprint density at radius 1 is 1.30 bits per heavy atom. The van der Waals surface area contributed by atoms with E-state index in [1.807, 2.05) is 12.1 Å². The molecule has 0 radical (unpaired) electrons. The van der Waals surface area contributed by atoms with Gasteiger partial charge in [0, 0.05) is 11.4 Å². The Hall–Kier alpha value is -1.75. The second-order valence-corrected chi connectivity index (χ2v) is 7.58. The molecule has 5 heteroatoms. The van der Waals surface area contributed by atoms with E-state index in [9.17, 15) is 9.00 Å². The lowest BCUT2D eigenvalue weighted by Gasteiger charge is -2.20. The average Bonchev–Trinajstić information content (AvgIpc) is 2.35. The third-order valence-corrected chi connectivity index (χ3v) is 4.31.